The molecule has 0 radical (unpaired) electrons. The Morgan fingerprint density at radius 2 is 2.00 bits per heavy atom. The van der Waals surface area contributed by atoms with E-state index < -0.39 is 12.1 Å². The Morgan fingerprint density at radius 1 is 1.38 bits per heavy atom. The van der Waals surface area contributed by atoms with E-state index in [1.165, 1.54) is 0 Å². The zero-order valence-electron chi connectivity index (χ0n) is 8.98. The van der Waals surface area contributed by atoms with Crippen LogP contribution in [0.25, 0.3) is 0 Å². The first-order valence-electron chi connectivity index (χ1n) is 5.20. The molecule has 0 saturated carbocycles. The number of rotatable bonds is 5. The first-order valence-corrected chi connectivity index (χ1v) is 5.20. The topological polar surface area (TPSA) is 102 Å². The van der Waals surface area contributed by atoms with E-state index in [1.54, 1.807) is 0 Å². The highest BCUT2D eigenvalue weighted by atomic mass is 16.4. The van der Waals surface area contributed by atoms with Crippen LogP contribution in [0.1, 0.15) is 0 Å². The van der Waals surface area contributed by atoms with Gasteiger partial charge in [0.2, 0.25) is 5.91 Å². The summed E-state index contributed by atoms with van der Waals surface area (Å²) in [6, 6.07) is 0. The van der Waals surface area contributed by atoms with Crippen molar-refractivity contribution < 1.29 is 19.8 Å². The average molecular weight is 231 g/mol. The molecule has 1 heterocycles. The number of carboxylic acids is 1. The zero-order chi connectivity index (χ0) is 12.0. The van der Waals surface area contributed by atoms with Gasteiger partial charge in [-0.25, -0.2) is 4.79 Å². The normalized spacial score (nSPS) is 19.1. The van der Waals surface area contributed by atoms with Crippen LogP contribution in [0.4, 0.5) is 0 Å². The van der Waals surface area contributed by atoms with Gasteiger partial charge in [0, 0.05) is 26.2 Å². The zero-order valence-corrected chi connectivity index (χ0v) is 8.98. The van der Waals surface area contributed by atoms with Gasteiger partial charge in [0.25, 0.3) is 0 Å². The number of carboxylic acid groups (broad SMARTS) is 1. The summed E-state index contributed by atoms with van der Waals surface area (Å²) < 4.78 is 0. The van der Waals surface area contributed by atoms with Crippen molar-refractivity contribution >= 4 is 11.9 Å². The molecule has 0 bridgehead atoms. The Hall–Kier alpha value is -1.18. The maximum absolute atomic E-state index is 11.4. The molecule has 7 nitrogen and oxygen atoms in total. The second-order valence-electron chi connectivity index (χ2n) is 3.68. The molecule has 0 aromatic rings. The monoisotopic (exact) mass is 231 g/mol. The van der Waals surface area contributed by atoms with Crippen LogP contribution in [-0.4, -0.2) is 72.4 Å². The molecule has 1 saturated heterocycles. The highest BCUT2D eigenvalue weighted by Gasteiger charge is 2.16. The molecule has 1 rings (SSSR count). The predicted octanol–water partition coefficient (Wildman–Crippen LogP) is -2.55. The third kappa shape index (κ3) is 4.56. The predicted molar refractivity (Wildman–Crippen MR) is 56.0 cm³/mol. The van der Waals surface area contributed by atoms with Crippen LogP contribution in [-0.2, 0) is 9.59 Å². The number of carbonyl (C=O) groups is 2. The number of piperazine rings is 1. The quantitative estimate of drug-likeness (QED) is 0.415. The first-order chi connectivity index (χ1) is 7.59. The Labute approximate surface area is 93.4 Å². The maximum Gasteiger partial charge on any atom is 0.334 e. The number of hydrogen-bond donors (Lipinski definition) is 4. The largest absolute Gasteiger partial charge is 0.479 e. The average Bonchev–Trinajstić information content (AvgIpc) is 2.27. The fourth-order valence-electron chi connectivity index (χ4n) is 1.43. The summed E-state index contributed by atoms with van der Waals surface area (Å²) in [5.41, 5.74) is 0. The molecule has 0 spiro atoms. The molecule has 1 fully saturated rings. The van der Waals surface area contributed by atoms with Crippen LogP contribution in [0.5, 0.6) is 0 Å². The molecular weight excluding hydrogens is 214 g/mol. The fraction of sp³-hybridized carbons (Fsp3) is 0.778. The van der Waals surface area contributed by atoms with Gasteiger partial charge >= 0.3 is 5.97 Å². The van der Waals surface area contributed by atoms with Gasteiger partial charge in [0.15, 0.2) is 6.10 Å². The molecule has 92 valence electrons. The number of aliphatic hydroxyl groups excluding tert-OH is 1. The SMILES string of the molecule is O=C(CN1CCNCC1)NCC(O)C(=O)O. The van der Waals surface area contributed by atoms with Crippen molar-refractivity contribution in [3.63, 3.8) is 0 Å². The third-order valence-electron chi connectivity index (χ3n) is 2.35. The smallest absolute Gasteiger partial charge is 0.334 e. The molecule has 1 aliphatic heterocycles. The van der Waals surface area contributed by atoms with Crippen molar-refractivity contribution in [2.45, 2.75) is 6.10 Å². The van der Waals surface area contributed by atoms with Crippen LogP contribution in [0, 0.1) is 0 Å². The Kier molecular flexibility index (Phi) is 5.17. The molecule has 0 aromatic heterocycles. The Balaban J connectivity index is 2.17. The van der Waals surface area contributed by atoms with Gasteiger partial charge in [-0.15, -0.1) is 0 Å². The van der Waals surface area contributed by atoms with E-state index in [2.05, 4.69) is 10.6 Å². The van der Waals surface area contributed by atoms with Gasteiger partial charge in [0.05, 0.1) is 13.1 Å². The number of amides is 1. The fourth-order valence-corrected chi connectivity index (χ4v) is 1.43. The second kappa shape index (κ2) is 6.41. The molecule has 16 heavy (non-hydrogen) atoms. The number of nitrogens with zero attached hydrogens (tertiary/aromatic N) is 1. The van der Waals surface area contributed by atoms with E-state index in [0.717, 1.165) is 26.2 Å². The third-order valence-corrected chi connectivity index (χ3v) is 2.35. The van der Waals surface area contributed by atoms with E-state index in [1.807, 2.05) is 4.90 Å². The molecule has 1 atom stereocenters. The summed E-state index contributed by atoms with van der Waals surface area (Å²) in [5.74, 6) is -1.59. The molecule has 1 amide bonds. The van der Waals surface area contributed by atoms with E-state index in [0.29, 0.717) is 0 Å². The van der Waals surface area contributed by atoms with Gasteiger partial charge in [-0.1, -0.05) is 0 Å². The van der Waals surface area contributed by atoms with Crippen molar-refractivity contribution in [3.05, 3.63) is 0 Å². The van der Waals surface area contributed by atoms with Gasteiger partial charge in [0.1, 0.15) is 0 Å². The number of carbonyl (C=O) groups excluding carboxylic acids is 1. The van der Waals surface area contributed by atoms with Gasteiger partial charge in [-0.2, -0.15) is 0 Å². The van der Waals surface area contributed by atoms with Crippen molar-refractivity contribution in [2.75, 3.05) is 39.3 Å². The van der Waals surface area contributed by atoms with Crippen LogP contribution in [0.2, 0.25) is 0 Å². The Morgan fingerprint density at radius 3 is 2.56 bits per heavy atom. The van der Waals surface area contributed by atoms with Crippen LogP contribution in [0.15, 0.2) is 0 Å². The van der Waals surface area contributed by atoms with Crippen molar-refractivity contribution in [1.29, 1.82) is 0 Å². The molecular formula is C9H17N3O4. The number of aliphatic hydroxyl groups is 1. The molecule has 1 unspecified atom stereocenters. The van der Waals surface area contributed by atoms with Crippen molar-refractivity contribution in [3.8, 4) is 0 Å². The van der Waals surface area contributed by atoms with Crippen molar-refractivity contribution in [2.24, 2.45) is 0 Å². The molecule has 0 aliphatic carbocycles. The lowest BCUT2D eigenvalue weighted by Crippen LogP contribution is -2.48. The van der Waals surface area contributed by atoms with Crippen molar-refractivity contribution in [1.82, 2.24) is 15.5 Å². The standard InChI is InChI=1S/C9H17N3O4/c13-7(9(15)16)5-11-8(14)6-12-3-1-10-2-4-12/h7,10,13H,1-6H2,(H,11,14)(H,15,16). The highest BCUT2D eigenvalue weighted by molar-refractivity contribution is 5.79. The maximum atomic E-state index is 11.4. The van der Waals surface area contributed by atoms with Crippen LogP contribution < -0.4 is 10.6 Å². The highest BCUT2D eigenvalue weighted by Crippen LogP contribution is 1.91. The number of aliphatic carboxylic acids is 1. The summed E-state index contributed by atoms with van der Waals surface area (Å²) in [6.07, 6.45) is -1.54. The molecule has 7 heteroatoms. The second-order valence-corrected chi connectivity index (χ2v) is 3.68. The lowest BCUT2D eigenvalue weighted by atomic mass is 10.3. The summed E-state index contributed by atoms with van der Waals surface area (Å²) in [5, 5.41) is 22.9. The Bertz CT molecular complexity index is 253. The molecule has 0 aromatic carbocycles. The van der Waals surface area contributed by atoms with E-state index in [-0.39, 0.29) is 19.0 Å². The first kappa shape index (κ1) is 12.9. The van der Waals surface area contributed by atoms with E-state index in [4.69, 9.17) is 10.2 Å². The van der Waals surface area contributed by atoms with Crippen LogP contribution in [0.3, 0.4) is 0 Å². The van der Waals surface area contributed by atoms with E-state index in [9.17, 15) is 9.59 Å². The van der Waals surface area contributed by atoms with E-state index >= 15 is 0 Å². The lowest BCUT2D eigenvalue weighted by molar-refractivity contribution is -0.146. The van der Waals surface area contributed by atoms with Gasteiger partial charge in [-0.05, 0) is 0 Å². The summed E-state index contributed by atoms with van der Waals surface area (Å²) in [7, 11) is 0. The minimum absolute atomic E-state index is 0.244. The minimum Gasteiger partial charge on any atom is -0.479 e. The number of hydrogen-bond acceptors (Lipinski definition) is 5. The summed E-state index contributed by atoms with van der Waals surface area (Å²) in [4.78, 5) is 23.6. The lowest BCUT2D eigenvalue weighted by Gasteiger charge is -2.26. The van der Waals surface area contributed by atoms with Gasteiger partial charge < -0.3 is 20.8 Å². The van der Waals surface area contributed by atoms with Crippen LogP contribution >= 0.6 is 0 Å². The molecule has 4 N–H and O–H groups in total. The van der Waals surface area contributed by atoms with Gasteiger partial charge in [-0.3, -0.25) is 9.69 Å². The number of nitrogens with one attached hydrogen (secondary N) is 2. The summed E-state index contributed by atoms with van der Waals surface area (Å²) in [6.45, 7) is 3.30. The molecule has 1 aliphatic rings. The minimum atomic E-state index is -1.54. The summed E-state index contributed by atoms with van der Waals surface area (Å²) >= 11 is 0.